The van der Waals surface area contributed by atoms with Crippen LogP contribution < -0.4 is 0 Å². The van der Waals surface area contributed by atoms with E-state index in [0.717, 1.165) is 32.1 Å². The standard InChI is InChI=1S/C34H53N3O4/c1-22(20-40-7)23-10-15-34(21-41-29(39)37-19-18-35-36-37)17-16-32(5)24(28(23)34)8-9-26-31(4)13-12-27(38)30(2,3)25(31)11-14-33(26,32)6/h18-19,23-28,38H,1,8-17,20-21H2,2-7H3/t23-,24+,25-,26+,27-,28+,31-,32+,33+,34+/m0/s1. The fraction of sp³-hybridized carbons (Fsp3) is 0.853. The lowest BCUT2D eigenvalue weighted by atomic mass is 9.32. The molecular formula is C34H53N3O4. The zero-order chi connectivity index (χ0) is 29.4. The Kier molecular flexibility index (Phi) is 7.09. The molecule has 10 atom stereocenters. The molecule has 6 rings (SSSR count). The van der Waals surface area contributed by atoms with Gasteiger partial charge in [0.1, 0.15) is 0 Å². The van der Waals surface area contributed by atoms with Crippen LogP contribution in [-0.4, -0.2) is 52.6 Å². The van der Waals surface area contributed by atoms with Gasteiger partial charge in [0.15, 0.2) is 0 Å². The summed E-state index contributed by atoms with van der Waals surface area (Å²) in [5.74, 6) is 2.62. The van der Waals surface area contributed by atoms with Crippen molar-refractivity contribution in [1.82, 2.24) is 15.0 Å². The summed E-state index contributed by atoms with van der Waals surface area (Å²) in [6, 6.07) is 0. The Morgan fingerprint density at radius 2 is 1.76 bits per heavy atom. The summed E-state index contributed by atoms with van der Waals surface area (Å²) in [6.45, 7) is 18.1. The van der Waals surface area contributed by atoms with Gasteiger partial charge >= 0.3 is 6.09 Å². The first-order chi connectivity index (χ1) is 19.3. The normalized spacial score (nSPS) is 46.5. The molecule has 5 aliphatic rings. The Labute approximate surface area is 246 Å². The van der Waals surface area contributed by atoms with Crippen molar-refractivity contribution in [3.8, 4) is 0 Å². The molecule has 0 amide bonds. The van der Waals surface area contributed by atoms with Crippen molar-refractivity contribution in [2.75, 3.05) is 20.3 Å². The van der Waals surface area contributed by atoms with Gasteiger partial charge in [-0.1, -0.05) is 46.4 Å². The Morgan fingerprint density at radius 1 is 0.976 bits per heavy atom. The smallest absolute Gasteiger partial charge is 0.436 e. The summed E-state index contributed by atoms with van der Waals surface area (Å²) in [4.78, 5) is 12.9. The van der Waals surface area contributed by atoms with Gasteiger partial charge in [-0.05, 0) is 121 Å². The first kappa shape index (κ1) is 29.3. The van der Waals surface area contributed by atoms with E-state index in [1.807, 2.05) is 0 Å². The zero-order valence-electron chi connectivity index (χ0n) is 26.3. The molecule has 5 saturated carbocycles. The van der Waals surface area contributed by atoms with Crippen molar-refractivity contribution < 1.29 is 19.4 Å². The monoisotopic (exact) mass is 567 g/mol. The highest BCUT2D eigenvalue weighted by molar-refractivity contribution is 5.68. The Morgan fingerprint density at radius 3 is 2.46 bits per heavy atom. The van der Waals surface area contributed by atoms with Gasteiger partial charge in [0.2, 0.25) is 0 Å². The molecule has 1 heterocycles. The highest BCUT2D eigenvalue weighted by Gasteiger charge is 2.71. The number of hydrogen-bond donors (Lipinski definition) is 1. The molecule has 5 aliphatic carbocycles. The van der Waals surface area contributed by atoms with E-state index in [1.165, 1.54) is 48.6 Å². The number of ether oxygens (including phenoxy) is 2. The molecule has 5 fully saturated rings. The van der Waals surface area contributed by atoms with Crippen LogP contribution in [0.5, 0.6) is 0 Å². The lowest BCUT2D eigenvalue weighted by molar-refractivity contribution is -0.249. The molecule has 1 aromatic heterocycles. The molecule has 1 aromatic rings. The van der Waals surface area contributed by atoms with E-state index in [1.54, 1.807) is 13.3 Å². The molecule has 228 valence electrons. The number of methoxy groups -OCH3 is 1. The van der Waals surface area contributed by atoms with Crippen LogP contribution >= 0.6 is 0 Å². The number of hydrogen-bond acceptors (Lipinski definition) is 6. The van der Waals surface area contributed by atoms with Gasteiger partial charge in [0.05, 0.1) is 31.7 Å². The number of carbonyl (C=O) groups excluding carboxylic acids is 1. The average Bonchev–Trinajstić information content (AvgIpc) is 3.60. The minimum Gasteiger partial charge on any atom is -0.447 e. The molecule has 0 radical (unpaired) electrons. The second-order valence-corrected chi connectivity index (χ2v) is 16.1. The van der Waals surface area contributed by atoms with E-state index in [4.69, 9.17) is 9.47 Å². The molecule has 0 bridgehead atoms. The van der Waals surface area contributed by atoms with Crippen molar-refractivity contribution in [1.29, 1.82) is 0 Å². The van der Waals surface area contributed by atoms with Crippen molar-refractivity contribution in [2.24, 2.45) is 56.7 Å². The number of carbonyl (C=O) groups is 1. The summed E-state index contributed by atoms with van der Waals surface area (Å²) in [6.07, 6.45) is 13.8. The van der Waals surface area contributed by atoms with E-state index >= 15 is 0 Å². The molecule has 7 nitrogen and oxygen atoms in total. The minimum absolute atomic E-state index is 0.0315. The number of nitrogens with zero attached hydrogens (tertiary/aromatic N) is 3. The minimum atomic E-state index is -0.438. The highest BCUT2D eigenvalue weighted by atomic mass is 16.6. The summed E-state index contributed by atoms with van der Waals surface area (Å²) < 4.78 is 12.8. The Hall–Kier alpha value is -1.73. The molecule has 0 spiro atoms. The van der Waals surface area contributed by atoms with Gasteiger partial charge in [-0.3, -0.25) is 0 Å². The van der Waals surface area contributed by atoms with Crippen molar-refractivity contribution in [2.45, 2.75) is 105 Å². The van der Waals surface area contributed by atoms with E-state index in [-0.39, 0.29) is 33.2 Å². The molecule has 0 unspecified atom stereocenters. The van der Waals surface area contributed by atoms with Crippen LogP contribution in [0, 0.1) is 56.7 Å². The van der Waals surface area contributed by atoms with E-state index in [9.17, 15) is 9.90 Å². The van der Waals surface area contributed by atoms with Crippen molar-refractivity contribution in [3.63, 3.8) is 0 Å². The zero-order valence-corrected chi connectivity index (χ0v) is 26.3. The van der Waals surface area contributed by atoms with Gasteiger partial charge in [0.25, 0.3) is 0 Å². The molecule has 0 aliphatic heterocycles. The van der Waals surface area contributed by atoms with Gasteiger partial charge in [0, 0.05) is 12.5 Å². The Bertz CT molecular complexity index is 1170. The van der Waals surface area contributed by atoms with Crippen LogP contribution in [0.25, 0.3) is 0 Å². The quantitative estimate of drug-likeness (QED) is 0.389. The predicted molar refractivity (Wildman–Crippen MR) is 158 cm³/mol. The third-order valence-corrected chi connectivity index (χ3v) is 14.5. The summed E-state index contributed by atoms with van der Waals surface area (Å²) in [5, 5.41) is 18.7. The third-order valence-electron chi connectivity index (χ3n) is 14.5. The number of aliphatic hydroxyl groups is 1. The molecule has 1 N–H and O–H groups in total. The van der Waals surface area contributed by atoms with Gasteiger partial charge in [-0.15, -0.1) is 5.10 Å². The van der Waals surface area contributed by atoms with Crippen LogP contribution in [0.1, 0.15) is 98.8 Å². The Balaban J connectivity index is 1.34. The van der Waals surface area contributed by atoms with Crippen LogP contribution in [0.15, 0.2) is 24.5 Å². The van der Waals surface area contributed by atoms with E-state index in [0.29, 0.717) is 42.8 Å². The van der Waals surface area contributed by atoms with Crippen LogP contribution in [0.4, 0.5) is 4.79 Å². The first-order valence-electron chi connectivity index (χ1n) is 16.2. The highest BCUT2D eigenvalue weighted by Crippen LogP contribution is 2.77. The fourth-order valence-electron chi connectivity index (χ4n) is 12.3. The molecular weight excluding hydrogens is 514 g/mol. The molecule has 0 saturated heterocycles. The van der Waals surface area contributed by atoms with E-state index in [2.05, 4.69) is 51.5 Å². The average molecular weight is 568 g/mol. The fourth-order valence-corrected chi connectivity index (χ4v) is 12.3. The van der Waals surface area contributed by atoms with Crippen LogP contribution in [0.2, 0.25) is 0 Å². The number of fused-ring (bicyclic) bond motifs is 7. The lowest BCUT2D eigenvalue weighted by Crippen LogP contribution is -2.66. The number of aromatic nitrogens is 3. The SMILES string of the molecule is C=C(COC)[C@@H]1CC[C@]2(COC(=O)n3ccnn3)CC[C@]3(C)[C@H](CC[C@@H]4[C@@]5(C)CC[C@H](O)C(C)(C)[C@@H]5CC[C@]43C)[C@@H]12. The largest absolute Gasteiger partial charge is 0.447 e. The van der Waals surface area contributed by atoms with Crippen molar-refractivity contribution in [3.05, 3.63) is 24.5 Å². The molecule has 7 heteroatoms. The molecule has 41 heavy (non-hydrogen) atoms. The lowest BCUT2D eigenvalue weighted by Gasteiger charge is -2.73. The van der Waals surface area contributed by atoms with Gasteiger partial charge in [-0.2, -0.15) is 4.68 Å². The van der Waals surface area contributed by atoms with Crippen LogP contribution in [-0.2, 0) is 9.47 Å². The summed E-state index contributed by atoms with van der Waals surface area (Å²) >= 11 is 0. The maximum atomic E-state index is 12.9. The number of rotatable bonds is 5. The first-order valence-corrected chi connectivity index (χ1v) is 16.2. The van der Waals surface area contributed by atoms with Gasteiger partial charge < -0.3 is 14.6 Å². The van der Waals surface area contributed by atoms with Gasteiger partial charge in [-0.25, -0.2) is 4.79 Å². The topological polar surface area (TPSA) is 86.5 Å². The second-order valence-electron chi connectivity index (χ2n) is 16.1. The van der Waals surface area contributed by atoms with Crippen LogP contribution in [0.3, 0.4) is 0 Å². The number of aliphatic hydroxyl groups excluding tert-OH is 1. The summed E-state index contributed by atoms with van der Waals surface area (Å²) in [7, 11) is 1.77. The maximum Gasteiger partial charge on any atom is 0.436 e. The predicted octanol–water partition coefficient (Wildman–Crippen LogP) is 6.91. The maximum absolute atomic E-state index is 12.9. The third kappa shape index (κ3) is 4.07. The summed E-state index contributed by atoms with van der Waals surface area (Å²) in [5.41, 5.74) is 1.86. The van der Waals surface area contributed by atoms with Crippen molar-refractivity contribution >= 4 is 6.09 Å². The molecule has 0 aromatic carbocycles. The van der Waals surface area contributed by atoms with E-state index < -0.39 is 6.09 Å². The second kappa shape index (κ2) is 9.90.